The largest absolute Gasteiger partial charge is 0.456 e. The fraction of sp³-hybridized carbons (Fsp3) is 0.950. The summed E-state index contributed by atoms with van der Waals surface area (Å²) in [6.07, 6.45) is 18.7. The number of unbranched alkanes of at least 4 members (excludes halogenated alkanes) is 12. The van der Waals surface area contributed by atoms with Crippen molar-refractivity contribution in [3.63, 3.8) is 0 Å². The molecule has 0 saturated carbocycles. The van der Waals surface area contributed by atoms with E-state index in [-0.39, 0.29) is 18.1 Å². The molecule has 0 rings (SSSR count). The monoisotopic (exact) mass is 328 g/mol. The van der Waals surface area contributed by atoms with Crippen LogP contribution >= 0.6 is 0 Å². The van der Waals surface area contributed by atoms with Gasteiger partial charge in [-0.3, -0.25) is 4.79 Å². The van der Waals surface area contributed by atoms with Crippen LogP contribution in [0, 0.1) is 0 Å². The van der Waals surface area contributed by atoms with E-state index in [1.165, 1.54) is 84.0 Å². The molecule has 0 saturated heterocycles. The van der Waals surface area contributed by atoms with Crippen molar-refractivity contribution < 1.29 is 15.3 Å². The smallest absolute Gasteiger partial charge is 0.303 e. The molecular weight excluding hydrogens is 286 g/mol. The highest BCUT2D eigenvalue weighted by molar-refractivity contribution is 5.66. The number of esters is 1. The Morgan fingerprint density at radius 2 is 1.22 bits per heavy atom. The zero-order valence-electron chi connectivity index (χ0n) is 16.1. The van der Waals surface area contributed by atoms with Crippen LogP contribution in [-0.2, 0) is 9.53 Å². The maximum absolute atomic E-state index is 11.0. The maximum Gasteiger partial charge on any atom is 0.303 e. The number of carbonyl (C=O) groups excluding carboxylic acids is 1. The Hall–Kier alpha value is -0.570. The molecule has 0 aromatic carbocycles. The van der Waals surface area contributed by atoms with Gasteiger partial charge < -0.3 is 10.5 Å². The lowest BCUT2D eigenvalue weighted by Gasteiger charge is -2.17. The molecule has 0 fully saturated rings. The first-order valence-corrected chi connectivity index (χ1v) is 10.1. The normalized spacial score (nSPS) is 13.7. The van der Waals surface area contributed by atoms with E-state index in [4.69, 9.17) is 4.74 Å². The number of hydrogen-bond acceptors (Lipinski definition) is 2. The van der Waals surface area contributed by atoms with Gasteiger partial charge in [0.2, 0.25) is 0 Å². The Kier molecular flexibility index (Phi) is 15.9. The summed E-state index contributed by atoms with van der Waals surface area (Å²) < 4.78 is 5.32. The highest BCUT2D eigenvalue weighted by Crippen LogP contribution is 2.14. The molecule has 0 amide bonds. The van der Waals surface area contributed by atoms with Crippen LogP contribution in [0.3, 0.4) is 0 Å². The van der Waals surface area contributed by atoms with Crippen molar-refractivity contribution in [1.29, 1.82) is 0 Å². The summed E-state index contributed by atoms with van der Waals surface area (Å²) in [6.45, 7) is 5.78. The summed E-state index contributed by atoms with van der Waals surface area (Å²) in [6, 6.07) is 0.177. The zero-order chi connectivity index (χ0) is 17.3. The fourth-order valence-corrected chi connectivity index (χ4v) is 3.04. The second-order valence-electron chi connectivity index (χ2n) is 7.16. The van der Waals surface area contributed by atoms with E-state index in [2.05, 4.69) is 12.7 Å². The Balaban J connectivity index is 3.30. The third-order valence-corrected chi connectivity index (χ3v) is 4.54. The van der Waals surface area contributed by atoms with E-state index < -0.39 is 0 Å². The minimum atomic E-state index is -0.180. The van der Waals surface area contributed by atoms with Crippen LogP contribution in [0.5, 0.6) is 0 Å². The highest BCUT2D eigenvalue weighted by Gasteiger charge is 2.18. The van der Waals surface area contributed by atoms with E-state index in [1.807, 2.05) is 6.92 Å². The van der Waals surface area contributed by atoms with E-state index in [9.17, 15) is 4.79 Å². The molecular formula is C20H42NO2+. The van der Waals surface area contributed by atoms with Gasteiger partial charge in [-0.1, -0.05) is 84.0 Å². The average Bonchev–Trinajstić information content (AvgIpc) is 2.50. The molecule has 0 aliphatic heterocycles. The standard InChI is InChI=1S/C20H41NO2/c1-4-5-6-7-8-9-10-11-12-13-14-15-16-17-20(18(2)21)23-19(3)22/h18,20H,4-17,21H2,1-3H3/p+1/t18-,20+/m0/s1. The zero-order valence-corrected chi connectivity index (χ0v) is 16.1. The van der Waals surface area contributed by atoms with Crippen LogP contribution in [0.25, 0.3) is 0 Å². The van der Waals surface area contributed by atoms with E-state index in [1.54, 1.807) is 0 Å². The summed E-state index contributed by atoms with van der Waals surface area (Å²) in [4.78, 5) is 11.0. The van der Waals surface area contributed by atoms with Crippen LogP contribution in [-0.4, -0.2) is 18.1 Å². The molecule has 23 heavy (non-hydrogen) atoms. The first kappa shape index (κ1) is 22.4. The summed E-state index contributed by atoms with van der Waals surface area (Å²) in [5.74, 6) is -0.180. The molecule has 0 heterocycles. The Morgan fingerprint density at radius 3 is 1.57 bits per heavy atom. The molecule has 0 aliphatic rings. The van der Waals surface area contributed by atoms with Gasteiger partial charge >= 0.3 is 5.97 Å². The summed E-state index contributed by atoms with van der Waals surface area (Å²) >= 11 is 0. The molecule has 138 valence electrons. The van der Waals surface area contributed by atoms with Crippen LogP contribution in [0.4, 0.5) is 0 Å². The van der Waals surface area contributed by atoms with Gasteiger partial charge in [0.05, 0.1) is 0 Å². The summed E-state index contributed by atoms with van der Waals surface area (Å²) in [7, 11) is 0. The van der Waals surface area contributed by atoms with Gasteiger partial charge in [-0.25, -0.2) is 0 Å². The maximum atomic E-state index is 11.0. The Bertz CT molecular complexity index is 266. The van der Waals surface area contributed by atoms with E-state index in [0.717, 1.165) is 12.8 Å². The number of carbonyl (C=O) groups is 1. The summed E-state index contributed by atoms with van der Waals surface area (Å²) in [5.41, 5.74) is 3.99. The molecule has 0 spiro atoms. The van der Waals surface area contributed by atoms with Crippen LogP contribution < -0.4 is 5.73 Å². The number of ether oxygens (including phenoxy) is 1. The predicted molar refractivity (Wildman–Crippen MR) is 98.2 cm³/mol. The highest BCUT2D eigenvalue weighted by atomic mass is 16.5. The minimum absolute atomic E-state index is 0.000193. The first-order valence-electron chi connectivity index (χ1n) is 10.1. The Morgan fingerprint density at radius 1 is 0.826 bits per heavy atom. The van der Waals surface area contributed by atoms with Crippen LogP contribution in [0.2, 0.25) is 0 Å². The van der Waals surface area contributed by atoms with Crippen molar-refractivity contribution in [2.24, 2.45) is 0 Å². The molecule has 0 radical (unpaired) electrons. The van der Waals surface area contributed by atoms with E-state index >= 15 is 0 Å². The third kappa shape index (κ3) is 16.1. The van der Waals surface area contributed by atoms with Crippen LogP contribution in [0.1, 0.15) is 111 Å². The molecule has 0 aromatic rings. The van der Waals surface area contributed by atoms with Crippen molar-refractivity contribution in [1.82, 2.24) is 0 Å². The van der Waals surface area contributed by atoms with Crippen molar-refractivity contribution in [2.75, 3.05) is 0 Å². The molecule has 0 bridgehead atoms. The minimum Gasteiger partial charge on any atom is -0.456 e. The van der Waals surface area contributed by atoms with E-state index in [0.29, 0.717) is 0 Å². The second-order valence-corrected chi connectivity index (χ2v) is 7.16. The lowest BCUT2D eigenvalue weighted by Crippen LogP contribution is -2.65. The quantitative estimate of drug-likeness (QED) is 0.319. The molecule has 0 aromatic heterocycles. The van der Waals surface area contributed by atoms with Gasteiger partial charge in [-0.2, -0.15) is 0 Å². The SMILES string of the molecule is CCCCCCCCCCCCCCC[C@@H](OC(C)=O)[C@H](C)[NH3+]. The fourth-order valence-electron chi connectivity index (χ4n) is 3.04. The van der Waals surface area contributed by atoms with Gasteiger partial charge in [0.25, 0.3) is 0 Å². The number of hydrogen-bond donors (Lipinski definition) is 1. The lowest BCUT2D eigenvalue weighted by molar-refractivity contribution is -0.431. The predicted octanol–water partition coefficient (Wildman–Crippen LogP) is 5.03. The first-order chi connectivity index (χ1) is 11.1. The lowest BCUT2D eigenvalue weighted by atomic mass is 10.0. The molecule has 3 nitrogen and oxygen atoms in total. The number of quaternary nitrogens is 1. The van der Waals surface area contributed by atoms with Crippen molar-refractivity contribution >= 4 is 5.97 Å². The van der Waals surface area contributed by atoms with Gasteiger partial charge in [-0.15, -0.1) is 0 Å². The van der Waals surface area contributed by atoms with Gasteiger partial charge in [0, 0.05) is 6.92 Å². The van der Waals surface area contributed by atoms with Crippen molar-refractivity contribution in [3.8, 4) is 0 Å². The van der Waals surface area contributed by atoms with Gasteiger partial charge in [0.1, 0.15) is 6.04 Å². The van der Waals surface area contributed by atoms with Crippen LogP contribution in [0.15, 0.2) is 0 Å². The third-order valence-electron chi connectivity index (χ3n) is 4.54. The van der Waals surface area contributed by atoms with Gasteiger partial charge in [0.15, 0.2) is 6.10 Å². The van der Waals surface area contributed by atoms with Crippen molar-refractivity contribution in [3.05, 3.63) is 0 Å². The van der Waals surface area contributed by atoms with Gasteiger partial charge in [-0.05, 0) is 19.8 Å². The average molecular weight is 329 g/mol. The molecule has 3 heteroatoms. The summed E-state index contributed by atoms with van der Waals surface area (Å²) in [5, 5.41) is 0. The van der Waals surface area contributed by atoms with Crippen molar-refractivity contribution in [2.45, 2.75) is 123 Å². The Labute approximate surface area is 144 Å². The molecule has 0 unspecified atom stereocenters. The molecule has 3 N–H and O–H groups in total. The topological polar surface area (TPSA) is 53.9 Å². The second kappa shape index (κ2) is 16.3. The molecule has 2 atom stereocenters. The molecule has 0 aliphatic carbocycles. The number of rotatable bonds is 16.